The van der Waals surface area contributed by atoms with Crippen LogP contribution in [0.2, 0.25) is 5.02 Å². The van der Waals surface area contributed by atoms with Crippen LogP contribution in [0.3, 0.4) is 0 Å². The van der Waals surface area contributed by atoms with Gasteiger partial charge in [-0.05, 0) is 36.4 Å². The Balaban J connectivity index is 2.09. The van der Waals surface area contributed by atoms with Crippen molar-refractivity contribution in [2.75, 3.05) is 0 Å². The summed E-state index contributed by atoms with van der Waals surface area (Å²) >= 11 is 5.70. The lowest BCUT2D eigenvalue weighted by Crippen LogP contribution is -2.08. The number of hydrogen-bond acceptors (Lipinski definition) is 2. The number of carbonyl (C=O) groups is 1. The van der Waals surface area contributed by atoms with Crippen LogP contribution >= 0.6 is 11.6 Å². The molecule has 0 saturated carbocycles. The molecule has 0 aliphatic rings. The van der Waals surface area contributed by atoms with Gasteiger partial charge in [0, 0.05) is 11.2 Å². The van der Waals surface area contributed by atoms with E-state index in [0.717, 1.165) is 0 Å². The largest absolute Gasteiger partial charge is 0.422 e. The predicted molar refractivity (Wildman–Crippen MR) is 57.2 cm³/mol. The van der Waals surface area contributed by atoms with Crippen molar-refractivity contribution < 1.29 is 9.53 Å². The highest BCUT2D eigenvalue weighted by Crippen LogP contribution is 2.16. The number of halogens is 1. The first-order valence-corrected chi connectivity index (χ1v) is 4.74. The summed E-state index contributed by atoms with van der Waals surface area (Å²) in [5.74, 6) is 0.0568. The lowest BCUT2D eigenvalue weighted by molar-refractivity contribution is 0.0729. The molecule has 2 aromatic rings. The highest BCUT2D eigenvalue weighted by Gasteiger charge is 2.08. The standard InChI is InChI=1S/C11H8ClNO2/c12-8-3-5-9(6-4-8)15-11(14)10-2-1-7-13-10/h1-7,13H. The molecule has 0 aliphatic carbocycles. The Morgan fingerprint density at radius 2 is 1.93 bits per heavy atom. The number of aromatic amines is 1. The fraction of sp³-hybridized carbons (Fsp3) is 0. The number of H-pyrrole nitrogens is 1. The molecule has 0 saturated heterocycles. The maximum atomic E-state index is 11.5. The van der Waals surface area contributed by atoms with Crippen molar-refractivity contribution in [2.24, 2.45) is 0 Å². The molecule has 1 heterocycles. The van der Waals surface area contributed by atoms with Gasteiger partial charge in [0.2, 0.25) is 0 Å². The van der Waals surface area contributed by atoms with E-state index in [1.54, 1.807) is 42.6 Å². The van der Waals surface area contributed by atoms with Crippen LogP contribution in [0, 0.1) is 0 Å². The van der Waals surface area contributed by atoms with Gasteiger partial charge in [-0.3, -0.25) is 0 Å². The van der Waals surface area contributed by atoms with Gasteiger partial charge in [0.15, 0.2) is 0 Å². The van der Waals surface area contributed by atoms with Gasteiger partial charge in [-0.15, -0.1) is 0 Å². The number of aromatic nitrogens is 1. The molecule has 0 bridgehead atoms. The van der Waals surface area contributed by atoms with Crippen molar-refractivity contribution >= 4 is 17.6 Å². The molecule has 0 radical (unpaired) electrons. The van der Waals surface area contributed by atoms with Crippen molar-refractivity contribution in [2.45, 2.75) is 0 Å². The topological polar surface area (TPSA) is 42.1 Å². The van der Waals surface area contributed by atoms with E-state index in [0.29, 0.717) is 16.5 Å². The van der Waals surface area contributed by atoms with Gasteiger partial charge in [-0.1, -0.05) is 11.6 Å². The predicted octanol–water partition coefficient (Wildman–Crippen LogP) is 2.89. The molecule has 15 heavy (non-hydrogen) atoms. The fourth-order valence-corrected chi connectivity index (χ4v) is 1.25. The molecule has 3 nitrogen and oxygen atoms in total. The number of nitrogens with one attached hydrogen (secondary N) is 1. The number of rotatable bonds is 2. The second-order valence-electron chi connectivity index (χ2n) is 2.93. The molecule has 0 atom stereocenters. The van der Waals surface area contributed by atoms with E-state index < -0.39 is 5.97 Å². The first-order chi connectivity index (χ1) is 7.25. The van der Waals surface area contributed by atoms with E-state index in [1.807, 2.05) is 0 Å². The highest BCUT2D eigenvalue weighted by atomic mass is 35.5. The number of benzene rings is 1. The molecule has 76 valence electrons. The molecule has 0 amide bonds. The van der Waals surface area contributed by atoms with Gasteiger partial charge in [-0.25, -0.2) is 4.79 Å². The Morgan fingerprint density at radius 1 is 1.20 bits per heavy atom. The zero-order valence-corrected chi connectivity index (χ0v) is 8.49. The average Bonchev–Trinajstić information content (AvgIpc) is 2.74. The van der Waals surface area contributed by atoms with E-state index >= 15 is 0 Å². The van der Waals surface area contributed by atoms with Gasteiger partial charge in [-0.2, -0.15) is 0 Å². The second kappa shape index (κ2) is 4.19. The average molecular weight is 222 g/mol. The zero-order valence-electron chi connectivity index (χ0n) is 7.74. The van der Waals surface area contributed by atoms with Crippen molar-refractivity contribution in [3.8, 4) is 5.75 Å². The van der Waals surface area contributed by atoms with E-state index in [2.05, 4.69) is 4.98 Å². The summed E-state index contributed by atoms with van der Waals surface area (Å²) in [6.45, 7) is 0. The van der Waals surface area contributed by atoms with E-state index in [1.165, 1.54) is 0 Å². The summed E-state index contributed by atoms with van der Waals surface area (Å²) in [6.07, 6.45) is 1.67. The SMILES string of the molecule is O=C(Oc1ccc(Cl)cc1)c1ccc[nH]1. The third-order valence-corrected chi connectivity index (χ3v) is 2.09. The fourth-order valence-electron chi connectivity index (χ4n) is 1.12. The second-order valence-corrected chi connectivity index (χ2v) is 3.36. The molecular weight excluding hydrogens is 214 g/mol. The lowest BCUT2D eigenvalue weighted by atomic mass is 10.3. The van der Waals surface area contributed by atoms with Crippen LogP contribution < -0.4 is 4.74 Å². The number of carbonyl (C=O) groups excluding carboxylic acids is 1. The molecule has 1 aromatic heterocycles. The van der Waals surface area contributed by atoms with E-state index in [9.17, 15) is 4.79 Å². The molecule has 0 aliphatic heterocycles. The molecule has 1 aromatic carbocycles. The van der Waals surface area contributed by atoms with Crippen LogP contribution in [0.5, 0.6) is 5.75 Å². The van der Waals surface area contributed by atoms with Gasteiger partial charge in [0.05, 0.1) is 0 Å². The summed E-state index contributed by atoms with van der Waals surface area (Å²) < 4.78 is 5.08. The van der Waals surface area contributed by atoms with Gasteiger partial charge >= 0.3 is 5.97 Å². The molecule has 1 N–H and O–H groups in total. The van der Waals surface area contributed by atoms with Gasteiger partial charge in [0.25, 0.3) is 0 Å². The van der Waals surface area contributed by atoms with Crippen LogP contribution in [0.25, 0.3) is 0 Å². The highest BCUT2D eigenvalue weighted by molar-refractivity contribution is 6.30. The van der Waals surface area contributed by atoms with Crippen LogP contribution in [-0.4, -0.2) is 11.0 Å². The van der Waals surface area contributed by atoms with Gasteiger partial charge in [0.1, 0.15) is 11.4 Å². The van der Waals surface area contributed by atoms with Crippen molar-refractivity contribution in [1.29, 1.82) is 0 Å². The lowest BCUT2D eigenvalue weighted by Gasteiger charge is -2.02. The molecular formula is C11H8ClNO2. The van der Waals surface area contributed by atoms with E-state index in [4.69, 9.17) is 16.3 Å². The van der Waals surface area contributed by atoms with Crippen LogP contribution in [0.1, 0.15) is 10.5 Å². The Morgan fingerprint density at radius 3 is 2.53 bits per heavy atom. The summed E-state index contributed by atoms with van der Waals surface area (Å²) in [5.41, 5.74) is 0.421. The quantitative estimate of drug-likeness (QED) is 0.626. The first-order valence-electron chi connectivity index (χ1n) is 4.37. The number of ether oxygens (including phenoxy) is 1. The smallest absolute Gasteiger partial charge is 0.360 e. The van der Waals surface area contributed by atoms with E-state index in [-0.39, 0.29) is 0 Å². The minimum absolute atomic E-state index is 0.415. The van der Waals surface area contributed by atoms with Crippen LogP contribution in [-0.2, 0) is 0 Å². The van der Waals surface area contributed by atoms with Gasteiger partial charge < -0.3 is 9.72 Å². The summed E-state index contributed by atoms with van der Waals surface area (Å²) in [5, 5.41) is 0.606. The third kappa shape index (κ3) is 2.39. The third-order valence-electron chi connectivity index (χ3n) is 1.84. The first kappa shape index (κ1) is 9.80. The summed E-state index contributed by atoms with van der Waals surface area (Å²) in [7, 11) is 0. The zero-order chi connectivity index (χ0) is 10.7. The maximum Gasteiger partial charge on any atom is 0.360 e. The maximum absolute atomic E-state index is 11.5. The number of hydrogen-bond donors (Lipinski definition) is 1. The number of esters is 1. The van der Waals surface area contributed by atoms with Crippen LogP contribution in [0.4, 0.5) is 0 Å². The molecule has 0 fully saturated rings. The molecule has 2 rings (SSSR count). The van der Waals surface area contributed by atoms with Crippen molar-refractivity contribution in [3.05, 3.63) is 53.3 Å². The van der Waals surface area contributed by atoms with Crippen molar-refractivity contribution in [1.82, 2.24) is 4.98 Å². The van der Waals surface area contributed by atoms with Crippen molar-refractivity contribution in [3.63, 3.8) is 0 Å². The minimum atomic E-state index is -0.415. The molecule has 0 spiro atoms. The monoisotopic (exact) mass is 221 g/mol. The molecule has 0 unspecified atom stereocenters. The summed E-state index contributed by atoms with van der Waals surface area (Å²) in [6, 6.07) is 10.0. The Kier molecular flexibility index (Phi) is 2.74. The Labute approximate surface area is 91.6 Å². The summed E-state index contributed by atoms with van der Waals surface area (Å²) in [4.78, 5) is 14.2. The normalized spacial score (nSPS) is 9.93. The Bertz CT molecular complexity index is 448. The minimum Gasteiger partial charge on any atom is -0.422 e. The molecule has 4 heteroatoms. The Hall–Kier alpha value is -1.74. The van der Waals surface area contributed by atoms with Crippen LogP contribution in [0.15, 0.2) is 42.6 Å².